The van der Waals surface area contributed by atoms with Gasteiger partial charge in [-0.3, -0.25) is 0 Å². The summed E-state index contributed by atoms with van der Waals surface area (Å²) in [5.74, 6) is 0. The highest BCUT2D eigenvalue weighted by atomic mass is 28.4. The number of benzene rings is 1. The van der Waals surface area contributed by atoms with Crippen molar-refractivity contribution in [3.05, 3.63) is 29.8 Å². The van der Waals surface area contributed by atoms with Gasteiger partial charge in [0.1, 0.15) is 0 Å². The highest BCUT2D eigenvalue weighted by Crippen LogP contribution is 2.23. The van der Waals surface area contributed by atoms with E-state index in [1.807, 2.05) is 32.9 Å². The summed E-state index contributed by atoms with van der Waals surface area (Å²) in [5.41, 5.74) is 1.22. The van der Waals surface area contributed by atoms with Crippen LogP contribution in [0.5, 0.6) is 0 Å². The van der Waals surface area contributed by atoms with Crippen molar-refractivity contribution in [3.8, 4) is 0 Å². The van der Waals surface area contributed by atoms with Crippen LogP contribution in [-0.4, -0.2) is 50.4 Å². The lowest BCUT2D eigenvalue weighted by atomic mass is 10.2. The maximum Gasteiger partial charge on any atom is 0.537 e. The van der Waals surface area contributed by atoms with E-state index < -0.39 is 17.4 Å². The maximum absolute atomic E-state index is 6.08. The van der Waals surface area contributed by atoms with E-state index >= 15 is 0 Å². The van der Waals surface area contributed by atoms with Crippen LogP contribution in [0, 0.1) is 6.92 Å². The van der Waals surface area contributed by atoms with Gasteiger partial charge in [-0.2, -0.15) is 0 Å². The molecule has 1 aromatic rings. The smallest absolute Gasteiger partial charge is 0.394 e. The molecule has 0 amide bonds. The van der Waals surface area contributed by atoms with Crippen LogP contribution in [0.25, 0.3) is 0 Å². The van der Waals surface area contributed by atoms with E-state index in [1.165, 1.54) is 18.4 Å². The standard InChI is InChI=1S/C13H22O3Si.C12H28O2Si/c1-5-14-17(15-6-2,16-7-3)13-10-8-12(4)9-11-13;1-5-9-13-15(11-7-3,12-8-4)14-10-6-2/h8-11H,5-7H2,1-4H3;5-12H2,1-4H3. The Bertz CT molecular complexity index is 521. The Hall–Kier alpha value is -0.546. The quantitative estimate of drug-likeness (QED) is 0.240. The summed E-state index contributed by atoms with van der Waals surface area (Å²) in [6.45, 7) is 20.3. The third-order valence-corrected chi connectivity index (χ3v) is 11.8. The Balaban J connectivity index is 0.000000607. The molecule has 0 unspecified atom stereocenters. The van der Waals surface area contributed by atoms with Crippen LogP contribution in [0.15, 0.2) is 24.3 Å². The molecule has 0 heterocycles. The van der Waals surface area contributed by atoms with Crippen LogP contribution in [0.4, 0.5) is 0 Å². The largest absolute Gasteiger partial charge is 0.537 e. The molecule has 0 saturated heterocycles. The molecular weight excluding hydrogens is 436 g/mol. The first-order chi connectivity index (χ1) is 15.4. The van der Waals surface area contributed by atoms with Gasteiger partial charge in [0.05, 0.1) is 0 Å². The molecule has 188 valence electrons. The molecule has 0 aliphatic carbocycles. The minimum absolute atomic E-state index is 0.597. The van der Waals surface area contributed by atoms with Gasteiger partial charge < -0.3 is 22.1 Å². The molecule has 7 heteroatoms. The molecule has 0 N–H and O–H groups in total. The van der Waals surface area contributed by atoms with Crippen LogP contribution in [0.2, 0.25) is 12.1 Å². The van der Waals surface area contributed by atoms with Crippen LogP contribution in [0.3, 0.4) is 0 Å². The van der Waals surface area contributed by atoms with Gasteiger partial charge in [0.25, 0.3) is 0 Å². The zero-order valence-electron chi connectivity index (χ0n) is 22.1. The molecule has 32 heavy (non-hydrogen) atoms. The fraction of sp³-hybridized carbons (Fsp3) is 0.760. The van der Waals surface area contributed by atoms with Crippen molar-refractivity contribution in [3.63, 3.8) is 0 Å². The second kappa shape index (κ2) is 18.8. The van der Waals surface area contributed by atoms with Crippen molar-refractivity contribution in [2.24, 2.45) is 0 Å². The van der Waals surface area contributed by atoms with Crippen LogP contribution < -0.4 is 5.19 Å². The van der Waals surface area contributed by atoms with E-state index in [4.69, 9.17) is 22.1 Å². The molecular formula is C25H50O5Si2. The second-order valence-corrected chi connectivity index (χ2v) is 13.8. The molecule has 1 rings (SSSR count). The third-order valence-electron chi connectivity index (χ3n) is 4.81. The van der Waals surface area contributed by atoms with E-state index in [0.717, 1.165) is 43.3 Å². The van der Waals surface area contributed by atoms with Gasteiger partial charge in [0.15, 0.2) is 0 Å². The Morgan fingerprint density at radius 1 is 0.562 bits per heavy atom. The van der Waals surface area contributed by atoms with Crippen molar-refractivity contribution >= 4 is 22.6 Å². The van der Waals surface area contributed by atoms with Crippen LogP contribution >= 0.6 is 0 Å². The average Bonchev–Trinajstić information content (AvgIpc) is 2.78. The van der Waals surface area contributed by atoms with E-state index in [0.29, 0.717) is 19.8 Å². The molecule has 0 saturated carbocycles. The highest BCUT2D eigenvalue weighted by Gasteiger charge is 2.43. The minimum atomic E-state index is -2.69. The fourth-order valence-corrected chi connectivity index (χ4v) is 9.55. The monoisotopic (exact) mass is 486 g/mol. The van der Waals surface area contributed by atoms with Gasteiger partial charge in [-0.15, -0.1) is 0 Å². The Labute approximate surface area is 200 Å². The zero-order chi connectivity index (χ0) is 24.3. The van der Waals surface area contributed by atoms with Crippen LogP contribution in [0.1, 0.15) is 79.7 Å². The molecule has 5 nitrogen and oxygen atoms in total. The number of hydrogen-bond acceptors (Lipinski definition) is 5. The summed E-state index contributed by atoms with van der Waals surface area (Å²) in [6.07, 6.45) is 4.55. The van der Waals surface area contributed by atoms with E-state index in [1.54, 1.807) is 0 Å². The van der Waals surface area contributed by atoms with Crippen molar-refractivity contribution in [2.75, 3.05) is 33.0 Å². The summed E-state index contributed by atoms with van der Waals surface area (Å²) >= 11 is 0. The Kier molecular flexibility index (Phi) is 18.5. The summed E-state index contributed by atoms with van der Waals surface area (Å²) in [6, 6.07) is 10.5. The second-order valence-electron chi connectivity index (χ2n) is 7.83. The summed E-state index contributed by atoms with van der Waals surface area (Å²) in [5, 5.41) is 1.04. The summed E-state index contributed by atoms with van der Waals surface area (Å²) in [7, 11) is -4.53. The molecule has 0 aromatic heterocycles. The molecule has 0 atom stereocenters. The summed E-state index contributed by atoms with van der Waals surface area (Å²) in [4.78, 5) is 0. The van der Waals surface area contributed by atoms with Gasteiger partial charge in [0.2, 0.25) is 0 Å². The van der Waals surface area contributed by atoms with E-state index in [9.17, 15) is 0 Å². The first-order valence-electron chi connectivity index (χ1n) is 12.7. The molecule has 0 aliphatic rings. The molecule has 0 fully saturated rings. The van der Waals surface area contributed by atoms with Crippen molar-refractivity contribution < 1.29 is 22.1 Å². The van der Waals surface area contributed by atoms with E-state index in [-0.39, 0.29) is 0 Å². The highest BCUT2D eigenvalue weighted by molar-refractivity contribution is 6.75. The predicted molar refractivity (Wildman–Crippen MR) is 140 cm³/mol. The lowest BCUT2D eigenvalue weighted by Gasteiger charge is -2.30. The topological polar surface area (TPSA) is 46.2 Å². The molecule has 0 bridgehead atoms. The third kappa shape index (κ3) is 11.5. The fourth-order valence-electron chi connectivity index (χ4n) is 3.50. The Morgan fingerprint density at radius 2 is 0.969 bits per heavy atom. The zero-order valence-corrected chi connectivity index (χ0v) is 24.1. The molecule has 1 aromatic carbocycles. The van der Waals surface area contributed by atoms with Crippen molar-refractivity contribution in [1.29, 1.82) is 0 Å². The van der Waals surface area contributed by atoms with E-state index in [2.05, 4.69) is 46.8 Å². The van der Waals surface area contributed by atoms with Crippen molar-refractivity contribution in [2.45, 2.75) is 93.2 Å². The SMILES string of the molecule is CCCO[Si](CCC)(CCC)OCCC.CCO[Si](OCC)(OCC)c1ccc(C)cc1. The summed E-state index contributed by atoms with van der Waals surface area (Å²) < 4.78 is 29.6. The van der Waals surface area contributed by atoms with Crippen molar-refractivity contribution in [1.82, 2.24) is 0 Å². The lowest BCUT2D eigenvalue weighted by Crippen LogP contribution is -2.56. The van der Waals surface area contributed by atoms with Gasteiger partial charge in [-0.1, -0.05) is 70.4 Å². The number of aryl methyl sites for hydroxylation is 1. The van der Waals surface area contributed by atoms with Crippen LogP contribution in [-0.2, 0) is 22.1 Å². The lowest BCUT2D eigenvalue weighted by molar-refractivity contribution is 0.0859. The van der Waals surface area contributed by atoms with Gasteiger partial charge in [-0.05, 0) is 52.6 Å². The average molecular weight is 487 g/mol. The first-order valence-corrected chi connectivity index (χ1v) is 16.6. The molecule has 0 radical (unpaired) electrons. The maximum atomic E-state index is 6.08. The minimum Gasteiger partial charge on any atom is -0.394 e. The van der Waals surface area contributed by atoms with Gasteiger partial charge >= 0.3 is 17.4 Å². The molecule has 0 spiro atoms. The normalized spacial score (nSPS) is 11.9. The first kappa shape index (κ1) is 31.5. The van der Waals surface area contributed by atoms with Gasteiger partial charge in [0, 0.05) is 38.2 Å². The Morgan fingerprint density at radius 3 is 1.28 bits per heavy atom. The van der Waals surface area contributed by atoms with Gasteiger partial charge in [-0.25, -0.2) is 0 Å². The molecule has 0 aliphatic heterocycles. The number of rotatable bonds is 17. The number of hydrogen-bond donors (Lipinski definition) is 0. The predicted octanol–water partition coefficient (Wildman–Crippen LogP) is 6.35.